The molecule has 118 valence electrons. The summed E-state index contributed by atoms with van der Waals surface area (Å²) in [6.45, 7) is -1.85. The number of ether oxygens (including phenoxy) is 2. The highest BCUT2D eigenvalue weighted by Gasteiger charge is 2.30. The second kappa shape index (κ2) is 7.46. The Balaban J connectivity index is 3.11. The number of hydrogen-bond donors (Lipinski definition) is 4. The standard InChI is InChI=1S/C13H18ClNO6/c1-20-10-4-8(3-9(14)11(10)21-2)12(19)15-13(5-16,6-17)7-18/h3-4,16-18H,5-7H2,1-2H3,(H,15,19). The number of halogens is 1. The van der Waals surface area contributed by atoms with Gasteiger partial charge in [0.2, 0.25) is 0 Å². The molecule has 1 aromatic carbocycles. The van der Waals surface area contributed by atoms with Crippen LogP contribution in [0.5, 0.6) is 11.5 Å². The van der Waals surface area contributed by atoms with Crippen molar-refractivity contribution in [2.45, 2.75) is 5.54 Å². The van der Waals surface area contributed by atoms with Crippen molar-refractivity contribution in [3.63, 3.8) is 0 Å². The van der Waals surface area contributed by atoms with Crippen molar-refractivity contribution in [3.8, 4) is 11.5 Å². The fourth-order valence-electron chi connectivity index (χ4n) is 1.63. The zero-order valence-corrected chi connectivity index (χ0v) is 12.5. The van der Waals surface area contributed by atoms with E-state index < -0.39 is 31.3 Å². The number of methoxy groups -OCH3 is 2. The lowest BCUT2D eigenvalue weighted by molar-refractivity contribution is 0.0375. The van der Waals surface area contributed by atoms with Crippen molar-refractivity contribution >= 4 is 17.5 Å². The van der Waals surface area contributed by atoms with Crippen molar-refractivity contribution in [1.29, 1.82) is 0 Å². The zero-order valence-electron chi connectivity index (χ0n) is 11.7. The van der Waals surface area contributed by atoms with E-state index in [0.29, 0.717) is 0 Å². The van der Waals surface area contributed by atoms with E-state index in [-0.39, 0.29) is 22.1 Å². The van der Waals surface area contributed by atoms with Gasteiger partial charge in [-0.2, -0.15) is 0 Å². The van der Waals surface area contributed by atoms with E-state index in [1.165, 1.54) is 26.4 Å². The average Bonchev–Trinajstić information content (AvgIpc) is 2.51. The normalized spacial score (nSPS) is 11.1. The zero-order chi connectivity index (χ0) is 16.0. The summed E-state index contributed by atoms with van der Waals surface area (Å²) < 4.78 is 10.1. The van der Waals surface area contributed by atoms with Crippen LogP contribution in [0.4, 0.5) is 0 Å². The summed E-state index contributed by atoms with van der Waals surface area (Å²) in [5, 5.41) is 30.2. The van der Waals surface area contributed by atoms with Gasteiger partial charge in [0.25, 0.3) is 5.91 Å². The van der Waals surface area contributed by atoms with Gasteiger partial charge in [0.05, 0.1) is 39.1 Å². The number of nitrogens with one attached hydrogen (secondary N) is 1. The van der Waals surface area contributed by atoms with Crippen LogP contribution in [0, 0.1) is 0 Å². The molecule has 7 nitrogen and oxygen atoms in total. The van der Waals surface area contributed by atoms with Gasteiger partial charge in [0, 0.05) is 5.56 Å². The van der Waals surface area contributed by atoms with E-state index in [1.807, 2.05) is 0 Å². The number of benzene rings is 1. The van der Waals surface area contributed by atoms with Crippen LogP contribution in [0.2, 0.25) is 5.02 Å². The second-order valence-corrected chi connectivity index (χ2v) is 4.81. The summed E-state index contributed by atoms with van der Waals surface area (Å²) in [6.07, 6.45) is 0. The summed E-state index contributed by atoms with van der Waals surface area (Å²) >= 11 is 6.00. The van der Waals surface area contributed by atoms with Gasteiger partial charge in [-0.1, -0.05) is 11.6 Å². The molecule has 0 fully saturated rings. The predicted molar refractivity (Wildman–Crippen MR) is 76.0 cm³/mol. The summed E-state index contributed by atoms with van der Waals surface area (Å²) in [5.74, 6) is -0.0822. The summed E-state index contributed by atoms with van der Waals surface area (Å²) in [5.41, 5.74) is -1.38. The first-order valence-electron chi connectivity index (χ1n) is 6.03. The third kappa shape index (κ3) is 3.76. The molecule has 0 aliphatic rings. The van der Waals surface area contributed by atoms with Gasteiger partial charge in [0.15, 0.2) is 11.5 Å². The Kier molecular flexibility index (Phi) is 6.22. The van der Waals surface area contributed by atoms with E-state index in [9.17, 15) is 20.1 Å². The minimum absolute atomic E-state index is 0.136. The molecule has 1 amide bonds. The van der Waals surface area contributed by atoms with Gasteiger partial charge >= 0.3 is 0 Å². The Morgan fingerprint density at radius 2 is 1.76 bits per heavy atom. The lowest BCUT2D eigenvalue weighted by atomic mass is 10.0. The molecule has 1 rings (SSSR count). The van der Waals surface area contributed by atoms with Crippen molar-refractivity contribution < 1.29 is 29.6 Å². The monoisotopic (exact) mass is 319 g/mol. The first-order valence-corrected chi connectivity index (χ1v) is 6.41. The number of aliphatic hydroxyl groups is 3. The fraction of sp³-hybridized carbons (Fsp3) is 0.462. The lowest BCUT2D eigenvalue weighted by Crippen LogP contribution is -2.57. The van der Waals surface area contributed by atoms with Crippen molar-refractivity contribution in [3.05, 3.63) is 22.7 Å². The van der Waals surface area contributed by atoms with Crippen molar-refractivity contribution in [1.82, 2.24) is 5.32 Å². The van der Waals surface area contributed by atoms with Crippen LogP contribution in [0.1, 0.15) is 10.4 Å². The predicted octanol–water partition coefficient (Wildman–Crippen LogP) is -0.197. The molecular weight excluding hydrogens is 302 g/mol. The molecule has 0 heterocycles. The highest BCUT2D eigenvalue weighted by Crippen LogP contribution is 2.36. The SMILES string of the molecule is COc1cc(C(=O)NC(CO)(CO)CO)cc(Cl)c1OC. The third-order valence-electron chi connectivity index (χ3n) is 2.98. The minimum atomic E-state index is -1.52. The van der Waals surface area contributed by atoms with Crippen LogP contribution < -0.4 is 14.8 Å². The Morgan fingerprint density at radius 3 is 2.19 bits per heavy atom. The molecule has 0 unspecified atom stereocenters. The van der Waals surface area contributed by atoms with Crippen LogP contribution in [-0.4, -0.2) is 60.8 Å². The van der Waals surface area contributed by atoms with Gasteiger partial charge in [-0.3, -0.25) is 4.79 Å². The van der Waals surface area contributed by atoms with Gasteiger partial charge in [-0.15, -0.1) is 0 Å². The quantitative estimate of drug-likeness (QED) is 0.554. The van der Waals surface area contributed by atoms with Crippen molar-refractivity contribution in [2.24, 2.45) is 0 Å². The Bertz CT molecular complexity index is 495. The molecule has 0 aromatic heterocycles. The molecule has 0 saturated heterocycles. The van der Waals surface area contributed by atoms with Crippen LogP contribution in [0.25, 0.3) is 0 Å². The molecule has 0 saturated carbocycles. The highest BCUT2D eigenvalue weighted by atomic mass is 35.5. The van der Waals surface area contributed by atoms with Crippen LogP contribution in [0.15, 0.2) is 12.1 Å². The number of hydrogen-bond acceptors (Lipinski definition) is 6. The molecule has 0 aliphatic heterocycles. The largest absolute Gasteiger partial charge is 0.493 e. The number of carbonyl (C=O) groups excluding carboxylic acids is 1. The maximum absolute atomic E-state index is 12.2. The molecule has 8 heteroatoms. The number of amides is 1. The number of carbonyl (C=O) groups is 1. The molecule has 0 atom stereocenters. The molecular formula is C13H18ClNO6. The third-order valence-corrected chi connectivity index (χ3v) is 3.26. The molecule has 21 heavy (non-hydrogen) atoms. The van der Waals surface area contributed by atoms with Crippen molar-refractivity contribution in [2.75, 3.05) is 34.0 Å². The summed E-state index contributed by atoms with van der Waals surface area (Å²) in [4.78, 5) is 12.2. The van der Waals surface area contributed by atoms with Gasteiger partial charge in [-0.05, 0) is 12.1 Å². The van der Waals surface area contributed by atoms with Gasteiger partial charge in [-0.25, -0.2) is 0 Å². The van der Waals surface area contributed by atoms with E-state index in [2.05, 4.69) is 5.32 Å². The summed E-state index contributed by atoms with van der Waals surface area (Å²) in [6, 6.07) is 2.76. The lowest BCUT2D eigenvalue weighted by Gasteiger charge is -2.28. The molecule has 0 bridgehead atoms. The fourth-order valence-corrected chi connectivity index (χ4v) is 1.92. The molecule has 0 aliphatic carbocycles. The summed E-state index contributed by atoms with van der Waals surface area (Å²) in [7, 11) is 2.81. The van der Waals surface area contributed by atoms with Crippen LogP contribution in [0.3, 0.4) is 0 Å². The average molecular weight is 320 g/mol. The van der Waals surface area contributed by atoms with Crippen LogP contribution in [-0.2, 0) is 0 Å². The first-order chi connectivity index (χ1) is 9.96. The second-order valence-electron chi connectivity index (χ2n) is 4.40. The smallest absolute Gasteiger partial charge is 0.252 e. The van der Waals surface area contributed by atoms with E-state index >= 15 is 0 Å². The van der Waals surface area contributed by atoms with E-state index in [0.717, 1.165) is 0 Å². The van der Waals surface area contributed by atoms with E-state index in [4.69, 9.17) is 21.1 Å². The maximum Gasteiger partial charge on any atom is 0.252 e. The van der Waals surface area contributed by atoms with E-state index in [1.54, 1.807) is 0 Å². The van der Waals surface area contributed by atoms with Gasteiger partial charge in [0.1, 0.15) is 5.54 Å². The first kappa shape index (κ1) is 17.5. The maximum atomic E-state index is 12.2. The molecule has 1 aromatic rings. The topological polar surface area (TPSA) is 108 Å². The molecule has 4 N–H and O–H groups in total. The van der Waals surface area contributed by atoms with Gasteiger partial charge < -0.3 is 30.1 Å². The van der Waals surface area contributed by atoms with Crippen LogP contribution >= 0.6 is 11.6 Å². The molecule has 0 spiro atoms. The molecule has 0 radical (unpaired) electrons. The Labute approximate surface area is 127 Å². The minimum Gasteiger partial charge on any atom is -0.493 e. The number of rotatable bonds is 7. The number of aliphatic hydroxyl groups excluding tert-OH is 3. The Morgan fingerprint density at radius 1 is 1.19 bits per heavy atom. The Hall–Kier alpha value is -1.54. The highest BCUT2D eigenvalue weighted by molar-refractivity contribution is 6.32.